The van der Waals surface area contributed by atoms with Gasteiger partial charge in [0.05, 0.1) is 4.88 Å². The van der Waals surface area contributed by atoms with Crippen LogP contribution in [0.4, 0.5) is 5.69 Å². The molecule has 0 radical (unpaired) electrons. The van der Waals surface area contributed by atoms with Gasteiger partial charge in [-0.3, -0.25) is 14.4 Å². The largest absolute Gasteiger partial charge is 0.350 e. The van der Waals surface area contributed by atoms with Crippen molar-refractivity contribution in [1.29, 1.82) is 0 Å². The smallest absolute Gasteiger partial charge is 0.261 e. The Morgan fingerprint density at radius 1 is 0.923 bits per heavy atom. The Morgan fingerprint density at radius 3 is 2.08 bits per heavy atom. The molecule has 26 heavy (non-hydrogen) atoms. The molecule has 2 aromatic rings. The topological polar surface area (TPSA) is 87.3 Å². The van der Waals surface area contributed by atoms with Crippen LogP contribution in [0.25, 0.3) is 0 Å². The molecule has 0 spiro atoms. The molecule has 0 atom stereocenters. The minimum atomic E-state index is -0.483. The van der Waals surface area contributed by atoms with Crippen LogP contribution in [0.15, 0.2) is 41.8 Å². The average Bonchev–Trinajstić information content (AvgIpc) is 3.13. The van der Waals surface area contributed by atoms with Crippen LogP contribution in [0.1, 0.15) is 40.8 Å². The second kappa shape index (κ2) is 8.62. The summed E-state index contributed by atoms with van der Waals surface area (Å²) in [6.07, 6.45) is 0. The number of amides is 3. The van der Waals surface area contributed by atoms with Crippen molar-refractivity contribution in [2.45, 2.75) is 20.8 Å². The zero-order valence-corrected chi connectivity index (χ0v) is 15.9. The molecule has 0 aliphatic rings. The third-order valence-corrected chi connectivity index (χ3v) is 4.40. The molecule has 0 unspecified atom stereocenters. The van der Waals surface area contributed by atoms with Crippen LogP contribution in [-0.2, 0) is 4.79 Å². The Bertz CT molecular complexity index is 762. The fraction of sp³-hybridized carbons (Fsp3) is 0.316. The lowest BCUT2D eigenvalue weighted by Gasteiger charge is -2.17. The third kappa shape index (κ3) is 5.70. The number of benzene rings is 1. The summed E-state index contributed by atoms with van der Waals surface area (Å²) in [5, 5.41) is 10.1. The molecule has 3 amide bonds. The van der Waals surface area contributed by atoms with Crippen LogP contribution in [-0.4, -0.2) is 30.8 Å². The van der Waals surface area contributed by atoms with E-state index in [4.69, 9.17) is 0 Å². The predicted molar refractivity (Wildman–Crippen MR) is 104 cm³/mol. The van der Waals surface area contributed by atoms with Gasteiger partial charge in [-0.2, -0.15) is 0 Å². The van der Waals surface area contributed by atoms with Gasteiger partial charge in [0, 0.05) is 29.8 Å². The SMILES string of the molecule is CC(C)(C)C(=O)Nc1ccc(C(=O)NCCNC(=O)c2cccs2)cc1. The molecule has 0 saturated carbocycles. The van der Waals surface area contributed by atoms with Gasteiger partial charge in [-0.15, -0.1) is 11.3 Å². The van der Waals surface area contributed by atoms with Crippen molar-refractivity contribution in [2.75, 3.05) is 18.4 Å². The molecule has 3 N–H and O–H groups in total. The lowest BCUT2D eigenvalue weighted by Crippen LogP contribution is -2.34. The van der Waals surface area contributed by atoms with Gasteiger partial charge in [0.25, 0.3) is 11.8 Å². The fourth-order valence-corrected chi connectivity index (χ4v) is 2.61. The molecular weight excluding hydrogens is 350 g/mol. The van der Waals surface area contributed by atoms with E-state index >= 15 is 0 Å². The first kappa shape index (κ1) is 19.7. The summed E-state index contributed by atoms with van der Waals surface area (Å²) in [6.45, 7) is 6.19. The van der Waals surface area contributed by atoms with E-state index in [0.29, 0.717) is 29.2 Å². The number of thiophene rings is 1. The Hall–Kier alpha value is -2.67. The van der Waals surface area contributed by atoms with E-state index in [-0.39, 0.29) is 17.7 Å². The maximum Gasteiger partial charge on any atom is 0.261 e. The first-order chi connectivity index (χ1) is 12.3. The highest BCUT2D eigenvalue weighted by Crippen LogP contribution is 2.17. The molecule has 1 heterocycles. The number of anilines is 1. The van der Waals surface area contributed by atoms with Crippen molar-refractivity contribution in [3.8, 4) is 0 Å². The Balaban J connectivity index is 1.77. The number of carbonyl (C=O) groups is 3. The van der Waals surface area contributed by atoms with Crippen LogP contribution in [0, 0.1) is 5.41 Å². The Morgan fingerprint density at radius 2 is 1.54 bits per heavy atom. The van der Waals surface area contributed by atoms with Crippen LogP contribution < -0.4 is 16.0 Å². The fourth-order valence-electron chi connectivity index (χ4n) is 1.97. The molecule has 1 aromatic carbocycles. The maximum absolute atomic E-state index is 12.1. The molecule has 138 valence electrons. The molecule has 0 aliphatic heterocycles. The zero-order valence-electron chi connectivity index (χ0n) is 15.1. The summed E-state index contributed by atoms with van der Waals surface area (Å²) in [6, 6.07) is 10.2. The summed E-state index contributed by atoms with van der Waals surface area (Å²) >= 11 is 1.37. The number of hydrogen-bond donors (Lipinski definition) is 3. The van der Waals surface area contributed by atoms with Gasteiger partial charge in [-0.25, -0.2) is 0 Å². The predicted octanol–water partition coefficient (Wildman–Crippen LogP) is 2.89. The molecule has 0 aliphatic carbocycles. The lowest BCUT2D eigenvalue weighted by atomic mass is 9.95. The monoisotopic (exact) mass is 373 g/mol. The molecule has 0 bridgehead atoms. The summed E-state index contributed by atoms with van der Waals surface area (Å²) in [5.74, 6) is -0.464. The summed E-state index contributed by atoms with van der Waals surface area (Å²) < 4.78 is 0. The normalized spacial score (nSPS) is 10.9. The van der Waals surface area contributed by atoms with Crippen molar-refractivity contribution in [2.24, 2.45) is 5.41 Å². The number of rotatable bonds is 6. The van der Waals surface area contributed by atoms with Crippen molar-refractivity contribution in [1.82, 2.24) is 10.6 Å². The standard InChI is InChI=1S/C19H23N3O3S/c1-19(2,3)18(25)22-14-8-6-13(7-9-14)16(23)20-10-11-21-17(24)15-5-4-12-26-15/h4-9,12H,10-11H2,1-3H3,(H,20,23)(H,21,24)(H,22,25). The summed E-state index contributed by atoms with van der Waals surface area (Å²) in [7, 11) is 0. The second-order valence-corrected chi connectivity index (χ2v) is 7.72. The van der Waals surface area contributed by atoms with Gasteiger partial charge in [0.2, 0.25) is 5.91 Å². The minimum absolute atomic E-state index is 0.0869. The third-order valence-electron chi connectivity index (χ3n) is 3.53. The van der Waals surface area contributed by atoms with Crippen molar-refractivity contribution in [3.63, 3.8) is 0 Å². The quantitative estimate of drug-likeness (QED) is 0.681. The number of carbonyl (C=O) groups excluding carboxylic acids is 3. The van der Waals surface area contributed by atoms with Crippen molar-refractivity contribution >= 4 is 34.7 Å². The van der Waals surface area contributed by atoms with Crippen molar-refractivity contribution in [3.05, 3.63) is 52.2 Å². The van der Waals surface area contributed by atoms with Gasteiger partial charge >= 0.3 is 0 Å². The first-order valence-electron chi connectivity index (χ1n) is 8.29. The van der Waals surface area contributed by atoms with E-state index in [1.807, 2.05) is 32.2 Å². The molecule has 2 rings (SSSR count). The van der Waals surface area contributed by atoms with Gasteiger partial charge in [-0.05, 0) is 35.7 Å². The van der Waals surface area contributed by atoms with Crippen LogP contribution in [0.2, 0.25) is 0 Å². The minimum Gasteiger partial charge on any atom is -0.350 e. The van der Waals surface area contributed by atoms with Gasteiger partial charge in [0.1, 0.15) is 0 Å². The highest BCUT2D eigenvalue weighted by Gasteiger charge is 2.21. The Kier molecular flexibility index (Phi) is 6.52. The molecule has 1 aromatic heterocycles. The first-order valence-corrected chi connectivity index (χ1v) is 9.17. The van der Waals surface area contributed by atoms with E-state index in [0.717, 1.165) is 0 Å². The summed E-state index contributed by atoms with van der Waals surface area (Å²) in [5.41, 5.74) is 0.650. The van der Waals surface area contributed by atoms with Crippen LogP contribution in [0.3, 0.4) is 0 Å². The number of hydrogen-bond acceptors (Lipinski definition) is 4. The van der Waals surface area contributed by atoms with Crippen LogP contribution in [0.5, 0.6) is 0 Å². The lowest BCUT2D eigenvalue weighted by molar-refractivity contribution is -0.123. The zero-order chi connectivity index (χ0) is 19.2. The van der Waals surface area contributed by atoms with E-state index in [2.05, 4.69) is 16.0 Å². The van der Waals surface area contributed by atoms with E-state index in [1.54, 1.807) is 30.3 Å². The van der Waals surface area contributed by atoms with E-state index in [1.165, 1.54) is 11.3 Å². The molecule has 0 fully saturated rings. The van der Waals surface area contributed by atoms with E-state index in [9.17, 15) is 14.4 Å². The molecule has 0 saturated heterocycles. The maximum atomic E-state index is 12.1. The van der Waals surface area contributed by atoms with Crippen molar-refractivity contribution < 1.29 is 14.4 Å². The molecule has 6 nitrogen and oxygen atoms in total. The van der Waals surface area contributed by atoms with Gasteiger partial charge in [-0.1, -0.05) is 26.8 Å². The summed E-state index contributed by atoms with van der Waals surface area (Å²) in [4.78, 5) is 36.5. The molecule has 7 heteroatoms. The van der Waals surface area contributed by atoms with Gasteiger partial charge in [0.15, 0.2) is 0 Å². The van der Waals surface area contributed by atoms with E-state index < -0.39 is 5.41 Å². The van der Waals surface area contributed by atoms with Gasteiger partial charge < -0.3 is 16.0 Å². The second-order valence-electron chi connectivity index (χ2n) is 6.77. The molecular formula is C19H23N3O3S. The average molecular weight is 373 g/mol. The highest BCUT2D eigenvalue weighted by atomic mass is 32.1. The Labute approximate surface area is 157 Å². The van der Waals surface area contributed by atoms with Crippen LogP contribution >= 0.6 is 11.3 Å². The highest BCUT2D eigenvalue weighted by molar-refractivity contribution is 7.12. The number of nitrogens with one attached hydrogen (secondary N) is 3.